The number of hydrogen-bond acceptors (Lipinski definition) is 5. The van der Waals surface area contributed by atoms with Gasteiger partial charge in [0.1, 0.15) is 0 Å². The number of carbonyl (C=O) groups excluding carboxylic acids is 1. The van der Waals surface area contributed by atoms with Gasteiger partial charge in [0, 0.05) is 25.0 Å². The summed E-state index contributed by atoms with van der Waals surface area (Å²) in [6.07, 6.45) is 5.33. The minimum atomic E-state index is -3.80. The molecule has 0 fully saturated rings. The van der Waals surface area contributed by atoms with E-state index in [1.54, 1.807) is 24.3 Å². The predicted molar refractivity (Wildman–Crippen MR) is 115 cm³/mol. The molecule has 3 aromatic rings. The highest BCUT2D eigenvalue weighted by Gasteiger charge is 2.17. The van der Waals surface area contributed by atoms with Crippen molar-refractivity contribution in [3.63, 3.8) is 0 Å². The van der Waals surface area contributed by atoms with Crippen molar-refractivity contribution >= 4 is 22.0 Å². The highest BCUT2D eigenvalue weighted by molar-refractivity contribution is 7.90. The molecule has 0 aliphatic heterocycles. The first-order chi connectivity index (χ1) is 14.3. The molecule has 30 heavy (non-hydrogen) atoms. The fraction of sp³-hybridized carbons (Fsp3) is 0.136. The van der Waals surface area contributed by atoms with Gasteiger partial charge in [-0.05, 0) is 66.7 Å². The number of hydroxylamine groups is 1. The molecule has 0 aliphatic carbocycles. The van der Waals surface area contributed by atoms with Gasteiger partial charge in [0.25, 0.3) is 15.9 Å². The maximum atomic E-state index is 13.1. The van der Waals surface area contributed by atoms with Crippen LogP contribution in [0.15, 0.2) is 78.0 Å². The first-order valence-corrected chi connectivity index (χ1v) is 10.6. The average Bonchev–Trinajstić information content (AvgIpc) is 3.22. The maximum absolute atomic E-state index is 13.1. The lowest BCUT2D eigenvalue weighted by Crippen LogP contribution is -2.14. The monoisotopic (exact) mass is 425 g/mol. The van der Waals surface area contributed by atoms with Gasteiger partial charge in [-0.15, -0.1) is 0 Å². The molecule has 7 nitrogen and oxygen atoms in total. The number of aromatic nitrogens is 1. The molecule has 1 heterocycles. The second-order valence-electron chi connectivity index (χ2n) is 7.06. The molecular formula is C22H23N3O4S. The summed E-state index contributed by atoms with van der Waals surface area (Å²) >= 11 is 0. The Bertz CT molecular complexity index is 1180. The number of carbonyl (C=O) groups is 1. The molecule has 1 amide bonds. The van der Waals surface area contributed by atoms with Crippen molar-refractivity contribution in [2.24, 2.45) is 0 Å². The zero-order valence-corrected chi connectivity index (χ0v) is 17.5. The van der Waals surface area contributed by atoms with Crippen molar-refractivity contribution in [1.82, 2.24) is 14.4 Å². The van der Waals surface area contributed by atoms with Crippen molar-refractivity contribution in [3.05, 3.63) is 84.2 Å². The molecule has 0 spiro atoms. The molecule has 1 aromatic heterocycles. The van der Waals surface area contributed by atoms with E-state index in [1.165, 1.54) is 23.9 Å². The first kappa shape index (κ1) is 21.5. The van der Waals surface area contributed by atoms with Crippen molar-refractivity contribution in [1.29, 1.82) is 0 Å². The summed E-state index contributed by atoms with van der Waals surface area (Å²) in [5, 5.41) is 8.52. The van der Waals surface area contributed by atoms with Crippen LogP contribution in [0.2, 0.25) is 0 Å². The van der Waals surface area contributed by atoms with Crippen LogP contribution in [0.4, 0.5) is 0 Å². The van der Waals surface area contributed by atoms with Gasteiger partial charge in [-0.3, -0.25) is 10.0 Å². The number of nitrogens with zero attached hydrogens (tertiary/aromatic N) is 2. The van der Waals surface area contributed by atoms with E-state index in [2.05, 4.69) is 11.0 Å². The Morgan fingerprint density at radius 2 is 1.80 bits per heavy atom. The highest BCUT2D eigenvalue weighted by Crippen LogP contribution is 2.25. The van der Waals surface area contributed by atoms with Gasteiger partial charge in [0.15, 0.2) is 0 Å². The summed E-state index contributed by atoms with van der Waals surface area (Å²) in [5.74, 6) is -0.699. The summed E-state index contributed by atoms with van der Waals surface area (Å²) in [5.41, 5.74) is 4.88. The van der Waals surface area contributed by atoms with Crippen LogP contribution in [0.3, 0.4) is 0 Å². The van der Waals surface area contributed by atoms with E-state index in [0.717, 1.165) is 33.3 Å². The SMILES string of the molecule is CN(C)Cc1cccc(-c2cccc(S(=O)(=O)n3ccc(/C=C/C(=O)NO)c3)c2)c1. The zero-order valence-electron chi connectivity index (χ0n) is 16.7. The highest BCUT2D eigenvalue weighted by atomic mass is 32.2. The van der Waals surface area contributed by atoms with E-state index in [4.69, 9.17) is 5.21 Å². The lowest BCUT2D eigenvalue weighted by Gasteiger charge is -2.12. The van der Waals surface area contributed by atoms with Crippen LogP contribution in [-0.2, 0) is 21.4 Å². The molecule has 0 bridgehead atoms. The van der Waals surface area contributed by atoms with E-state index in [9.17, 15) is 13.2 Å². The molecule has 0 saturated carbocycles. The Morgan fingerprint density at radius 1 is 1.10 bits per heavy atom. The van der Waals surface area contributed by atoms with Crippen LogP contribution in [0.25, 0.3) is 17.2 Å². The van der Waals surface area contributed by atoms with Crippen molar-refractivity contribution in [3.8, 4) is 11.1 Å². The summed E-state index contributed by atoms with van der Waals surface area (Å²) in [6, 6.07) is 16.4. The first-order valence-electron chi connectivity index (χ1n) is 9.19. The molecular weight excluding hydrogens is 402 g/mol. The smallest absolute Gasteiger partial charge is 0.267 e. The Balaban J connectivity index is 1.91. The van der Waals surface area contributed by atoms with E-state index in [0.29, 0.717) is 5.56 Å². The van der Waals surface area contributed by atoms with Crippen molar-refractivity contribution in [2.75, 3.05) is 14.1 Å². The molecule has 0 saturated heterocycles. The van der Waals surface area contributed by atoms with E-state index in [1.807, 2.05) is 38.4 Å². The largest absolute Gasteiger partial charge is 0.305 e. The van der Waals surface area contributed by atoms with Gasteiger partial charge in [0.05, 0.1) is 4.90 Å². The van der Waals surface area contributed by atoms with Gasteiger partial charge in [-0.2, -0.15) is 0 Å². The van der Waals surface area contributed by atoms with E-state index in [-0.39, 0.29) is 4.90 Å². The van der Waals surface area contributed by atoms with Crippen LogP contribution < -0.4 is 5.48 Å². The van der Waals surface area contributed by atoms with Gasteiger partial charge in [0.2, 0.25) is 0 Å². The number of hydrogen-bond donors (Lipinski definition) is 2. The Hall–Kier alpha value is -3.20. The van der Waals surface area contributed by atoms with Gasteiger partial charge < -0.3 is 4.90 Å². The quantitative estimate of drug-likeness (QED) is 0.345. The summed E-state index contributed by atoms with van der Waals surface area (Å²) in [7, 11) is 0.196. The molecule has 156 valence electrons. The maximum Gasteiger partial charge on any atom is 0.267 e. The topological polar surface area (TPSA) is 91.6 Å². The summed E-state index contributed by atoms with van der Waals surface area (Å²) in [4.78, 5) is 13.3. The molecule has 3 rings (SSSR count). The number of amides is 1. The summed E-state index contributed by atoms with van der Waals surface area (Å²) < 4.78 is 27.2. The lowest BCUT2D eigenvalue weighted by molar-refractivity contribution is -0.124. The van der Waals surface area contributed by atoms with Gasteiger partial charge in [-0.25, -0.2) is 17.9 Å². The third-order valence-corrected chi connectivity index (χ3v) is 6.03. The average molecular weight is 426 g/mol. The predicted octanol–water partition coefficient (Wildman–Crippen LogP) is 2.97. The Kier molecular flexibility index (Phi) is 6.51. The molecule has 0 radical (unpaired) electrons. The number of benzene rings is 2. The second kappa shape index (κ2) is 9.08. The van der Waals surface area contributed by atoms with Crippen LogP contribution in [0.1, 0.15) is 11.1 Å². The van der Waals surface area contributed by atoms with Crippen LogP contribution in [0, 0.1) is 0 Å². The van der Waals surface area contributed by atoms with Crippen LogP contribution in [-0.4, -0.2) is 42.5 Å². The molecule has 0 atom stereocenters. The molecule has 2 aromatic carbocycles. The Morgan fingerprint density at radius 3 is 2.50 bits per heavy atom. The molecule has 0 aliphatic rings. The normalized spacial score (nSPS) is 11.9. The van der Waals surface area contributed by atoms with Crippen molar-refractivity contribution < 1.29 is 18.4 Å². The third kappa shape index (κ3) is 5.04. The van der Waals surface area contributed by atoms with Crippen molar-refractivity contribution in [2.45, 2.75) is 11.4 Å². The third-order valence-electron chi connectivity index (χ3n) is 4.40. The summed E-state index contributed by atoms with van der Waals surface area (Å²) in [6.45, 7) is 0.791. The van der Waals surface area contributed by atoms with Crippen LogP contribution >= 0.6 is 0 Å². The second-order valence-corrected chi connectivity index (χ2v) is 8.90. The molecule has 0 unspecified atom stereocenters. The fourth-order valence-corrected chi connectivity index (χ4v) is 4.27. The fourth-order valence-electron chi connectivity index (χ4n) is 3.02. The van der Waals surface area contributed by atoms with E-state index < -0.39 is 15.9 Å². The minimum absolute atomic E-state index is 0.164. The van der Waals surface area contributed by atoms with Gasteiger partial charge in [-0.1, -0.05) is 30.3 Å². The zero-order chi connectivity index (χ0) is 21.7. The molecule has 8 heteroatoms. The number of rotatable bonds is 7. The van der Waals surface area contributed by atoms with E-state index >= 15 is 0 Å². The number of nitrogens with one attached hydrogen (secondary N) is 1. The Labute approximate surface area is 175 Å². The van der Waals surface area contributed by atoms with Gasteiger partial charge >= 0.3 is 0 Å². The lowest BCUT2D eigenvalue weighted by atomic mass is 10.0. The standard InChI is InChI=1S/C22H23N3O4S/c1-24(2)15-18-5-3-6-19(13-18)20-7-4-8-21(14-20)30(28,29)25-12-11-17(16-25)9-10-22(26)23-27/h3-14,16,27H,15H2,1-2H3,(H,23,26)/b10-9+. The minimum Gasteiger partial charge on any atom is -0.305 e. The molecule has 2 N–H and O–H groups in total. The van der Waals surface area contributed by atoms with Crippen LogP contribution in [0.5, 0.6) is 0 Å².